The fourth-order valence-corrected chi connectivity index (χ4v) is 1.47. The van der Waals surface area contributed by atoms with Crippen LogP contribution in [0.4, 0.5) is 11.6 Å². The first-order valence-electron chi connectivity index (χ1n) is 6.03. The second-order valence-corrected chi connectivity index (χ2v) is 4.34. The highest BCUT2D eigenvalue weighted by Gasteiger charge is 2.13. The van der Waals surface area contributed by atoms with Crippen molar-refractivity contribution in [2.24, 2.45) is 5.92 Å². The van der Waals surface area contributed by atoms with Gasteiger partial charge in [0.05, 0.1) is 12.6 Å². The maximum Gasteiger partial charge on any atom is 0.132 e. The molecule has 0 aliphatic carbocycles. The molecule has 0 unspecified atom stereocenters. The zero-order valence-electron chi connectivity index (χ0n) is 11.0. The van der Waals surface area contributed by atoms with Crippen molar-refractivity contribution in [3.63, 3.8) is 0 Å². The highest BCUT2D eigenvalue weighted by atomic mass is 16.3. The van der Waals surface area contributed by atoms with Gasteiger partial charge in [-0.3, -0.25) is 0 Å². The molecule has 1 heterocycles. The minimum absolute atomic E-state index is 0.0133. The molecule has 1 aromatic heterocycles. The second-order valence-electron chi connectivity index (χ2n) is 4.34. The van der Waals surface area contributed by atoms with Gasteiger partial charge in [-0.15, -0.1) is 0 Å². The lowest BCUT2D eigenvalue weighted by molar-refractivity contribution is 0.249. The molecule has 0 aliphatic heterocycles. The van der Waals surface area contributed by atoms with Crippen LogP contribution in [-0.2, 0) is 6.42 Å². The molecular formula is C12H22N4O. The minimum Gasteiger partial charge on any atom is -0.394 e. The van der Waals surface area contributed by atoms with Crippen LogP contribution in [0, 0.1) is 5.92 Å². The number of aryl methyl sites for hydroxylation is 1. The van der Waals surface area contributed by atoms with Gasteiger partial charge in [-0.25, -0.2) is 9.97 Å². The third-order valence-corrected chi connectivity index (χ3v) is 2.68. The van der Waals surface area contributed by atoms with Crippen LogP contribution in [0.5, 0.6) is 0 Å². The molecule has 0 bridgehead atoms. The highest BCUT2D eigenvalue weighted by Crippen LogP contribution is 2.14. The van der Waals surface area contributed by atoms with E-state index in [0.717, 1.165) is 23.9 Å². The number of nitrogens with one attached hydrogen (secondary N) is 2. The van der Waals surface area contributed by atoms with E-state index >= 15 is 0 Å². The lowest BCUT2D eigenvalue weighted by Gasteiger charge is -2.21. The molecule has 0 saturated carbocycles. The predicted octanol–water partition coefficient (Wildman–Crippen LogP) is 1.51. The summed E-state index contributed by atoms with van der Waals surface area (Å²) in [6, 6.07) is 1.86. The van der Waals surface area contributed by atoms with Crippen molar-refractivity contribution in [1.82, 2.24) is 9.97 Å². The number of anilines is 2. The van der Waals surface area contributed by atoms with Crippen LogP contribution in [0.15, 0.2) is 6.07 Å². The lowest BCUT2D eigenvalue weighted by Crippen LogP contribution is -2.30. The number of hydrogen-bond donors (Lipinski definition) is 3. The van der Waals surface area contributed by atoms with E-state index in [1.807, 2.05) is 20.0 Å². The first-order valence-corrected chi connectivity index (χ1v) is 6.03. The van der Waals surface area contributed by atoms with Crippen LogP contribution in [0.1, 0.15) is 26.6 Å². The van der Waals surface area contributed by atoms with Gasteiger partial charge in [-0.2, -0.15) is 0 Å². The van der Waals surface area contributed by atoms with E-state index in [1.54, 1.807) is 0 Å². The number of aliphatic hydroxyl groups excluding tert-OH is 1. The van der Waals surface area contributed by atoms with E-state index in [2.05, 4.69) is 34.4 Å². The third kappa shape index (κ3) is 3.85. The molecule has 1 atom stereocenters. The molecular weight excluding hydrogens is 216 g/mol. The van der Waals surface area contributed by atoms with E-state index in [4.69, 9.17) is 0 Å². The Morgan fingerprint density at radius 1 is 1.29 bits per heavy atom. The van der Waals surface area contributed by atoms with E-state index in [9.17, 15) is 5.11 Å². The average Bonchev–Trinajstić information content (AvgIpc) is 2.34. The Kier molecular flexibility index (Phi) is 5.15. The summed E-state index contributed by atoms with van der Waals surface area (Å²) in [6.45, 7) is 6.24. The molecule has 96 valence electrons. The molecule has 3 N–H and O–H groups in total. The lowest BCUT2D eigenvalue weighted by atomic mass is 10.1. The van der Waals surface area contributed by atoms with Gasteiger partial charge in [-0.05, 0) is 5.92 Å². The zero-order valence-corrected chi connectivity index (χ0v) is 11.0. The fourth-order valence-electron chi connectivity index (χ4n) is 1.47. The Morgan fingerprint density at radius 2 is 1.94 bits per heavy atom. The summed E-state index contributed by atoms with van der Waals surface area (Å²) in [5.41, 5.74) is 0. The minimum atomic E-state index is 0.0133. The van der Waals surface area contributed by atoms with Gasteiger partial charge in [0.25, 0.3) is 0 Å². The van der Waals surface area contributed by atoms with Crippen molar-refractivity contribution < 1.29 is 5.11 Å². The van der Waals surface area contributed by atoms with Crippen LogP contribution < -0.4 is 10.6 Å². The van der Waals surface area contributed by atoms with Gasteiger partial charge < -0.3 is 15.7 Å². The SMILES string of the molecule is CCc1nc(NC)cc(N[C@H](CO)C(C)C)n1. The summed E-state index contributed by atoms with van der Waals surface area (Å²) in [4.78, 5) is 8.72. The normalized spacial score (nSPS) is 12.6. The first-order chi connectivity index (χ1) is 8.10. The van der Waals surface area contributed by atoms with E-state index < -0.39 is 0 Å². The summed E-state index contributed by atoms with van der Waals surface area (Å²) >= 11 is 0. The van der Waals surface area contributed by atoms with Crippen molar-refractivity contribution in [3.05, 3.63) is 11.9 Å². The molecule has 0 fully saturated rings. The Balaban J connectivity index is 2.89. The van der Waals surface area contributed by atoms with Crippen LogP contribution >= 0.6 is 0 Å². The largest absolute Gasteiger partial charge is 0.394 e. The third-order valence-electron chi connectivity index (χ3n) is 2.68. The molecule has 5 nitrogen and oxygen atoms in total. The molecule has 0 aromatic carbocycles. The monoisotopic (exact) mass is 238 g/mol. The van der Waals surface area contributed by atoms with Gasteiger partial charge in [0.1, 0.15) is 17.5 Å². The Bertz CT molecular complexity index is 332. The molecule has 1 aromatic rings. The predicted molar refractivity (Wildman–Crippen MR) is 70.3 cm³/mol. The van der Waals surface area contributed by atoms with E-state index in [1.165, 1.54) is 0 Å². The molecule has 0 radical (unpaired) electrons. The molecule has 0 saturated heterocycles. The van der Waals surface area contributed by atoms with Gasteiger partial charge >= 0.3 is 0 Å². The number of aromatic nitrogens is 2. The second kappa shape index (κ2) is 6.39. The summed E-state index contributed by atoms with van der Waals surface area (Å²) in [7, 11) is 1.83. The summed E-state index contributed by atoms with van der Waals surface area (Å²) in [6.07, 6.45) is 0.787. The summed E-state index contributed by atoms with van der Waals surface area (Å²) in [5, 5.41) is 15.5. The van der Waals surface area contributed by atoms with Crippen molar-refractivity contribution in [3.8, 4) is 0 Å². The number of nitrogens with zero attached hydrogens (tertiary/aromatic N) is 2. The molecule has 0 aliphatic rings. The fraction of sp³-hybridized carbons (Fsp3) is 0.667. The van der Waals surface area contributed by atoms with E-state index in [-0.39, 0.29) is 12.6 Å². The Morgan fingerprint density at radius 3 is 2.41 bits per heavy atom. The molecule has 0 spiro atoms. The van der Waals surface area contributed by atoms with Crippen molar-refractivity contribution in [1.29, 1.82) is 0 Å². The molecule has 1 rings (SSSR count). The van der Waals surface area contributed by atoms with Crippen LogP contribution in [0.25, 0.3) is 0 Å². The molecule has 17 heavy (non-hydrogen) atoms. The maximum atomic E-state index is 9.29. The average molecular weight is 238 g/mol. The first kappa shape index (κ1) is 13.7. The van der Waals surface area contributed by atoms with E-state index in [0.29, 0.717) is 5.92 Å². The summed E-state index contributed by atoms with van der Waals surface area (Å²) in [5.74, 6) is 2.69. The zero-order chi connectivity index (χ0) is 12.8. The number of rotatable bonds is 6. The number of hydrogen-bond acceptors (Lipinski definition) is 5. The van der Waals surface area contributed by atoms with Crippen LogP contribution in [0.2, 0.25) is 0 Å². The highest BCUT2D eigenvalue weighted by molar-refractivity contribution is 5.47. The standard InChI is InChI=1S/C12H22N4O/c1-5-10-15-11(13-4)6-12(16-10)14-9(7-17)8(2)3/h6,8-9,17H,5,7H2,1-4H3,(H2,13,14,15,16)/t9-/m1/s1. The number of aliphatic hydroxyl groups is 1. The Labute approximate surface area is 103 Å². The smallest absolute Gasteiger partial charge is 0.132 e. The summed E-state index contributed by atoms with van der Waals surface area (Å²) < 4.78 is 0. The van der Waals surface area contributed by atoms with Crippen molar-refractivity contribution in [2.75, 3.05) is 24.3 Å². The molecule has 5 heteroatoms. The van der Waals surface area contributed by atoms with Crippen LogP contribution in [-0.4, -0.2) is 34.8 Å². The van der Waals surface area contributed by atoms with Gasteiger partial charge in [-0.1, -0.05) is 20.8 Å². The molecule has 0 amide bonds. The quantitative estimate of drug-likeness (QED) is 0.701. The van der Waals surface area contributed by atoms with Crippen LogP contribution in [0.3, 0.4) is 0 Å². The van der Waals surface area contributed by atoms with Crippen molar-refractivity contribution in [2.45, 2.75) is 33.2 Å². The Hall–Kier alpha value is -1.36. The van der Waals surface area contributed by atoms with Gasteiger partial charge in [0.15, 0.2) is 0 Å². The maximum absolute atomic E-state index is 9.29. The topological polar surface area (TPSA) is 70.1 Å². The van der Waals surface area contributed by atoms with Crippen molar-refractivity contribution >= 4 is 11.6 Å². The van der Waals surface area contributed by atoms with Gasteiger partial charge in [0.2, 0.25) is 0 Å². The van der Waals surface area contributed by atoms with Gasteiger partial charge in [0, 0.05) is 19.5 Å².